The molecule has 0 spiro atoms. The van der Waals surface area contributed by atoms with Crippen molar-refractivity contribution in [2.75, 3.05) is 36.8 Å². The number of rotatable bonds is 1. The van der Waals surface area contributed by atoms with Gasteiger partial charge in [0.25, 0.3) is 0 Å². The Bertz CT molecular complexity index is 403. The molecule has 1 aliphatic heterocycles. The number of hydrogen-bond acceptors (Lipinski definition) is 3. The van der Waals surface area contributed by atoms with Crippen molar-refractivity contribution in [3.05, 3.63) is 23.8 Å². The Balaban J connectivity index is 0.00000162. The summed E-state index contributed by atoms with van der Waals surface area (Å²) < 4.78 is 37.9. The summed E-state index contributed by atoms with van der Waals surface area (Å²) >= 11 is 0. The molecule has 1 fully saturated rings. The molecule has 18 heavy (non-hydrogen) atoms. The number of benzene rings is 1. The number of alkyl halides is 3. The zero-order chi connectivity index (χ0) is 12.5. The smallest absolute Gasteiger partial charge is 0.399 e. The summed E-state index contributed by atoms with van der Waals surface area (Å²) in [6, 6.07) is 3.70. The Morgan fingerprint density at radius 3 is 2.28 bits per heavy atom. The molecule has 0 amide bonds. The molecule has 0 saturated carbocycles. The standard InChI is InChI=1S/C11H14F3N3.ClH/c12-11(13,14)8-5-9(15)7-10(6-8)17-3-1-16-2-4-17;/h5-7,16H,1-4,15H2;1H. The van der Waals surface area contributed by atoms with E-state index in [1.54, 1.807) is 6.07 Å². The van der Waals surface area contributed by atoms with Gasteiger partial charge in [-0.25, -0.2) is 0 Å². The summed E-state index contributed by atoms with van der Waals surface area (Å²) in [4.78, 5) is 1.90. The van der Waals surface area contributed by atoms with Crippen LogP contribution in [0.5, 0.6) is 0 Å². The van der Waals surface area contributed by atoms with Crippen molar-refractivity contribution in [2.45, 2.75) is 6.18 Å². The molecule has 1 aliphatic rings. The van der Waals surface area contributed by atoms with Crippen molar-refractivity contribution in [1.29, 1.82) is 0 Å². The molecule has 0 atom stereocenters. The predicted molar refractivity (Wildman–Crippen MR) is 68.2 cm³/mol. The number of nitrogens with zero attached hydrogens (tertiary/aromatic N) is 1. The highest BCUT2D eigenvalue weighted by molar-refractivity contribution is 5.85. The van der Waals surface area contributed by atoms with E-state index in [-0.39, 0.29) is 18.1 Å². The van der Waals surface area contributed by atoms with Gasteiger partial charge in [-0.05, 0) is 18.2 Å². The summed E-state index contributed by atoms with van der Waals surface area (Å²) in [7, 11) is 0. The third kappa shape index (κ3) is 3.43. The number of nitrogens with two attached hydrogens (primary N) is 1. The van der Waals surface area contributed by atoms with E-state index >= 15 is 0 Å². The van der Waals surface area contributed by atoms with Crippen molar-refractivity contribution < 1.29 is 13.2 Å². The molecule has 1 saturated heterocycles. The first-order valence-corrected chi connectivity index (χ1v) is 5.40. The van der Waals surface area contributed by atoms with Gasteiger partial charge in [0.15, 0.2) is 0 Å². The van der Waals surface area contributed by atoms with Crippen LogP contribution in [0.15, 0.2) is 18.2 Å². The van der Waals surface area contributed by atoms with Gasteiger partial charge in [-0.15, -0.1) is 12.4 Å². The lowest BCUT2D eigenvalue weighted by molar-refractivity contribution is -0.137. The molecule has 7 heteroatoms. The minimum Gasteiger partial charge on any atom is -0.399 e. The summed E-state index contributed by atoms with van der Waals surface area (Å²) in [5.74, 6) is 0. The summed E-state index contributed by atoms with van der Waals surface area (Å²) in [6.07, 6.45) is -4.35. The Morgan fingerprint density at radius 1 is 1.11 bits per heavy atom. The molecule has 102 valence electrons. The fourth-order valence-corrected chi connectivity index (χ4v) is 1.90. The van der Waals surface area contributed by atoms with Crippen LogP contribution in [0.25, 0.3) is 0 Å². The summed E-state index contributed by atoms with van der Waals surface area (Å²) in [6.45, 7) is 2.94. The molecule has 0 bridgehead atoms. The number of piperazine rings is 1. The van der Waals surface area contributed by atoms with Crippen molar-refractivity contribution in [3.8, 4) is 0 Å². The summed E-state index contributed by atoms with van der Waals surface area (Å²) in [5, 5.41) is 3.15. The Kier molecular flexibility index (Phi) is 4.70. The second kappa shape index (κ2) is 5.67. The van der Waals surface area contributed by atoms with E-state index in [0.29, 0.717) is 18.8 Å². The van der Waals surface area contributed by atoms with Crippen molar-refractivity contribution >= 4 is 23.8 Å². The largest absolute Gasteiger partial charge is 0.416 e. The lowest BCUT2D eigenvalue weighted by Gasteiger charge is -2.30. The Morgan fingerprint density at radius 2 is 1.72 bits per heavy atom. The van der Waals surface area contributed by atoms with E-state index in [9.17, 15) is 13.2 Å². The highest BCUT2D eigenvalue weighted by atomic mass is 35.5. The molecule has 1 heterocycles. The maximum absolute atomic E-state index is 12.6. The number of halogens is 4. The second-order valence-corrected chi connectivity index (χ2v) is 4.05. The van der Waals surface area contributed by atoms with Gasteiger partial charge in [0.2, 0.25) is 0 Å². The van der Waals surface area contributed by atoms with Crippen LogP contribution >= 0.6 is 12.4 Å². The minimum absolute atomic E-state index is 0. The molecule has 0 aliphatic carbocycles. The molecule has 3 nitrogen and oxygen atoms in total. The van der Waals surface area contributed by atoms with E-state index in [1.807, 2.05) is 4.90 Å². The number of anilines is 2. The number of nitrogen functional groups attached to an aromatic ring is 1. The highest BCUT2D eigenvalue weighted by Gasteiger charge is 2.31. The van der Waals surface area contributed by atoms with Gasteiger partial charge >= 0.3 is 6.18 Å². The molecular formula is C11H15ClF3N3. The molecule has 3 N–H and O–H groups in total. The zero-order valence-electron chi connectivity index (χ0n) is 9.63. The molecule has 0 aromatic heterocycles. The molecule has 0 unspecified atom stereocenters. The van der Waals surface area contributed by atoms with Crippen LogP contribution in [0.1, 0.15) is 5.56 Å². The average molecular weight is 282 g/mol. The highest BCUT2D eigenvalue weighted by Crippen LogP contribution is 2.33. The monoisotopic (exact) mass is 281 g/mol. The van der Waals surface area contributed by atoms with Crippen LogP contribution in [0.3, 0.4) is 0 Å². The van der Waals surface area contributed by atoms with Crippen molar-refractivity contribution in [3.63, 3.8) is 0 Å². The fourth-order valence-electron chi connectivity index (χ4n) is 1.90. The van der Waals surface area contributed by atoms with Crippen LogP contribution in [-0.2, 0) is 6.18 Å². The van der Waals surface area contributed by atoms with Crippen molar-refractivity contribution in [1.82, 2.24) is 5.32 Å². The molecule has 0 radical (unpaired) electrons. The lowest BCUT2D eigenvalue weighted by atomic mass is 10.1. The van der Waals surface area contributed by atoms with Crippen LogP contribution in [-0.4, -0.2) is 26.2 Å². The molecular weight excluding hydrogens is 267 g/mol. The fraction of sp³-hybridized carbons (Fsp3) is 0.455. The van der Waals surface area contributed by atoms with Crippen LogP contribution in [0, 0.1) is 0 Å². The van der Waals surface area contributed by atoms with Crippen LogP contribution in [0.2, 0.25) is 0 Å². The number of nitrogens with one attached hydrogen (secondary N) is 1. The normalized spacial score (nSPS) is 16.3. The third-order valence-corrected chi connectivity index (χ3v) is 2.75. The van der Waals surface area contributed by atoms with Gasteiger partial charge in [-0.2, -0.15) is 13.2 Å². The Labute approximate surface area is 110 Å². The molecule has 1 aromatic rings. The van der Waals surface area contributed by atoms with Gasteiger partial charge in [-0.3, -0.25) is 0 Å². The first-order valence-electron chi connectivity index (χ1n) is 5.40. The van der Waals surface area contributed by atoms with E-state index in [4.69, 9.17) is 5.73 Å². The average Bonchev–Trinajstić information content (AvgIpc) is 2.28. The SMILES string of the molecule is Cl.Nc1cc(N2CCNCC2)cc(C(F)(F)F)c1. The van der Waals surface area contributed by atoms with Crippen LogP contribution < -0.4 is 16.0 Å². The first-order chi connectivity index (χ1) is 7.97. The maximum atomic E-state index is 12.6. The maximum Gasteiger partial charge on any atom is 0.416 e. The minimum atomic E-state index is -4.35. The Hall–Kier alpha value is -1.14. The first kappa shape index (κ1) is 14.9. The van der Waals surface area contributed by atoms with Crippen molar-refractivity contribution in [2.24, 2.45) is 0 Å². The van der Waals surface area contributed by atoms with E-state index < -0.39 is 11.7 Å². The predicted octanol–water partition coefficient (Wildman–Crippen LogP) is 2.12. The van der Waals surface area contributed by atoms with E-state index in [0.717, 1.165) is 25.2 Å². The zero-order valence-corrected chi connectivity index (χ0v) is 10.4. The lowest BCUT2D eigenvalue weighted by Crippen LogP contribution is -2.43. The third-order valence-electron chi connectivity index (χ3n) is 2.75. The molecule has 1 aromatic carbocycles. The van der Waals surface area contributed by atoms with Gasteiger partial charge in [-0.1, -0.05) is 0 Å². The van der Waals surface area contributed by atoms with E-state index in [1.165, 1.54) is 0 Å². The second-order valence-electron chi connectivity index (χ2n) is 4.05. The van der Waals surface area contributed by atoms with Gasteiger partial charge in [0.1, 0.15) is 0 Å². The topological polar surface area (TPSA) is 41.3 Å². The van der Waals surface area contributed by atoms with Gasteiger partial charge in [0.05, 0.1) is 5.56 Å². The van der Waals surface area contributed by atoms with Crippen LogP contribution in [0.4, 0.5) is 24.5 Å². The number of hydrogen-bond donors (Lipinski definition) is 2. The summed E-state index contributed by atoms with van der Waals surface area (Å²) in [5.41, 5.74) is 5.52. The quantitative estimate of drug-likeness (QED) is 0.775. The van der Waals surface area contributed by atoms with Gasteiger partial charge in [0, 0.05) is 37.6 Å². The molecule has 2 rings (SSSR count). The van der Waals surface area contributed by atoms with Gasteiger partial charge < -0.3 is 16.0 Å². The van der Waals surface area contributed by atoms with E-state index in [2.05, 4.69) is 5.32 Å².